The number of nitrogens with zero attached hydrogens (tertiary/aromatic N) is 4. The number of ether oxygens (including phenoxy) is 2. The van der Waals surface area contributed by atoms with Crippen LogP contribution in [-0.4, -0.2) is 121 Å². The zero-order valence-corrected chi connectivity index (χ0v) is 28.7. The van der Waals surface area contributed by atoms with Gasteiger partial charge in [-0.1, -0.05) is 0 Å². The molecule has 14 heteroatoms. The van der Waals surface area contributed by atoms with E-state index in [4.69, 9.17) is 13.9 Å². The number of likely N-dealkylation sites (tertiary alicyclic amines) is 1. The first kappa shape index (κ1) is 36.1. The number of β-amino-alcohol motifs (C(OH)–C–C–N with tert-alkyl or cyclic N) is 1. The van der Waals surface area contributed by atoms with Crippen LogP contribution in [0.2, 0.25) is 0 Å². The predicted octanol–water partition coefficient (Wildman–Crippen LogP) is 1.37. The number of likely N-dealkylation sites (N-methyl/N-ethyl adjacent to an activating group) is 1. The summed E-state index contributed by atoms with van der Waals surface area (Å²) < 4.78 is 31.2. The number of aliphatic hydroxyl groups is 1. The molecule has 0 bridgehead atoms. The minimum absolute atomic E-state index is 0.0182. The van der Waals surface area contributed by atoms with Crippen LogP contribution in [-0.2, 0) is 33.9 Å². The van der Waals surface area contributed by atoms with Crippen LogP contribution in [0, 0.1) is 18.7 Å². The number of aryl methyl sites for hydroxylation is 1. The van der Waals surface area contributed by atoms with Crippen molar-refractivity contribution in [1.82, 2.24) is 35.6 Å². The first-order valence-corrected chi connectivity index (χ1v) is 17.1. The Kier molecular flexibility index (Phi) is 12.8. The van der Waals surface area contributed by atoms with Crippen LogP contribution in [0.1, 0.15) is 55.2 Å². The number of fused-ring (bicyclic) bond motifs is 1. The Morgan fingerprint density at radius 2 is 2.02 bits per heavy atom. The van der Waals surface area contributed by atoms with Crippen molar-refractivity contribution in [2.75, 3.05) is 60.0 Å². The number of piperidine rings is 2. The molecule has 0 saturated carbocycles. The molecule has 5 rings (SSSR count). The number of nitrogens with one attached hydrogen (secondary N) is 3. The van der Waals surface area contributed by atoms with Crippen LogP contribution in [0.4, 0.5) is 4.39 Å². The second-order valence-corrected chi connectivity index (χ2v) is 13.4. The van der Waals surface area contributed by atoms with Gasteiger partial charge in [0.15, 0.2) is 23.7 Å². The number of amides is 2. The Bertz CT molecular complexity index is 1370. The Morgan fingerprint density at radius 3 is 2.73 bits per heavy atom. The van der Waals surface area contributed by atoms with Crippen molar-refractivity contribution < 1.29 is 33.0 Å². The van der Waals surface area contributed by atoms with E-state index in [0.29, 0.717) is 57.0 Å². The van der Waals surface area contributed by atoms with E-state index in [1.54, 1.807) is 20.1 Å². The first-order valence-electron chi connectivity index (χ1n) is 17.1. The van der Waals surface area contributed by atoms with Crippen LogP contribution >= 0.6 is 0 Å². The fraction of sp³-hybridized carbons (Fsp3) is 0.676. The third kappa shape index (κ3) is 9.73. The van der Waals surface area contributed by atoms with E-state index in [1.807, 2.05) is 18.9 Å². The molecule has 2 amide bonds. The highest BCUT2D eigenvalue weighted by atomic mass is 19.1. The summed E-state index contributed by atoms with van der Waals surface area (Å²) in [6, 6.07) is 3.52. The van der Waals surface area contributed by atoms with Gasteiger partial charge in [0, 0.05) is 71.8 Å². The number of carbonyl (C=O) groups excluding carboxylic acids is 2. The third-order valence-corrected chi connectivity index (χ3v) is 9.88. The van der Waals surface area contributed by atoms with E-state index < -0.39 is 11.9 Å². The summed E-state index contributed by atoms with van der Waals surface area (Å²) in [4.78, 5) is 35.4. The highest BCUT2D eigenvalue weighted by Crippen LogP contribution is 2.28. The highest BCUT2D eigenvalue weighted by molar-refractivity contribution is 5.78. The molecular weight excluding hydrogens is 621 g/mol. The monoisotopic (exact) mass is 673 g/mol. The van der Waals surface area contributed by atoms with Gasteiger partial charge >= 0.3 is 0 Å². The molecule has 4 N–H and O–H groups in total. The van der Waals surface area contributed by atoms with Crippen LogP contribution in [0.15, 0.2) is 22.9 Å². The molecule has 4 heterocycles. The summed E-state index contributed by atoms with van der Waals surface area (Å²) in [6.45, 7) is 8.01. The maximum atomic E-state index is 14.9. The van der Waals surface area contributed by atoms with E-state index in [-0.39, 0.29) is 55.0 Å². The molecule has 1 aromatic carbocycles. The molecule has 1 aromatic heterocycles. The Morgan fingerprint density at radius 1 is 1.23 bits per heavy atom. The highest BCUT2D eigenvalue weighted by Gasteiger charge is 2.36. The minimum Gasteiger partial charge on any atom is -0.482 e. The van der Waals surface area contributed by atoms with E-state index in [1.165, 1.54) is 12.5 Å². The van der Waals surface area contributed by atoms with Crippen LogP contribution in [0.3, 0.4) is 0 Å². The molecule has 266 valence electrons. The molecular formula is C34H52FN7O6. The van der Waals surface area contributed by atoms with Gasteiger partial charge in [-0.3, -0.25) is 30.0 Å². The molecule has 48 heavy (non-hydrogen) atoms. The van der Waals surface area contributed by atoms with Crippen molar-refractivity contribution in [2.45, 2.75) is 83.6 Å². The Labute approximate surface area is 282 Å². The number of hydrogen-bond donors (Lipinski definition) is 4. The van der Waals surface area contributed by atoms with Gasteiger partial charge in [-0.15, -0.1) is 0 Å². The number of methoxy groups -OCH3 is 1. The van der Waals surface area contributed by atoms with E-state index in [2.05, 4.69) is 30.7 Å². The minimum atomic E-state index is -0.768. The van der Waals surface area contributed by atoms with Crippen LogP contribution in [0.5, 0.6) is 5.75 Å². The lowest BCUT2D eigenvalue weighted by molar-refractivity contribution is -0.130. The third-order valence-electron chi connectivity index (χ3n) is 9.88. The topological polar surface area (TPSA) is 145 Å². The molecule has 4 atom stereocenters. The van der Waals surface area contributed by atoms with Gasteiger partial charge in [0.2, 0.25) is 11.8 Å². The zero-order chi connectivity index (χ0) is 34.2. The lowest BCUT2D eigenvalue weighted by Crippen LogP contribution is -2.62. The SMILES string of the molecule is COCCN(C)C1CC(C(=O)NC[C@H](O)CN2CCc3cc(OCc4ocnc4C)c(F)cc3C2)CC(NC2CCN(C(C)=O)CC2)N1. The van der Waals surface area contributed by atoms with Gasteiger partial charge in [0.1, 0.15) is 6.61 Å². The van der Waals surface area contributed by atoms with Crippen molar-refractivity contribution in [2.24, 2.45) is 5.92 Å². The van der Waals surface area contributed by atoms with E-state index in [0.717, 1.165) is 43.6 Å². The van der Waals surface area contributed by atoms with Gasteiger partial charge in [0.25, 0.3) is 0 Å². The van der Waals surface area contributed by atoms with Crippen molar-refractivity contribution in [1.29, 1.82) is 0 Å². The molecule has 0 radical (unpaired) electrons. The summed E-state index contributed by atoms with van der Waals surface area (Å²) >= 11 is 0. The summed E-state index contributed by atoms with van der Waals surface area (Å²) in [7, 11) is 3.70. The average molecular weight is 674 g/mol. The number of hydrogen-bond acceptors (Lipinski definition) is 11. The number of benzene rings is 1. The van der Waals surface area contributed by atoms with Crippen molar-refractivity contribution >= 4 is 11.8 Å². The number of rotatable bonds is 14. The van der Waals surface area contributed by atoms with Gasteiger partial charge in [-0.25, -0.2) is 9.37 Å². The van der Waals surface area contributed by atoms with Crippen molar-refractivity contribution in [3.8, 4) is 5.75 Å². The summed E-state index contributed by atoms with van der Waals surface area (Å²) in [5.41, 5.74) is 2.59. The van der Waals surface area contributed by atoms with Gasteiger partial charge in [0.05, 0.1) is 30.7 Å². The molecule has 0 spiro atoms. The lowest BCUT2D eigenvalue weighted by Gasteiger charge is -2.42. The van der Waals surface area contributed by atoms with Crippen molar-refractivity contribution in [3.05, 3.63) is 46.9 Å². The molecule has 3 aliphatic heterocycles. The normalized spacial score (nSPS) is 22.8. The largest absolute Gasteiger partial charge is 0.482 e. The standard InChI is InChI=1S/C34H52FN7O6/c1-22-31(48-21-37-22)20-47-30-14-24-5-8-41(18-26(24)13-29(30)35)19-28(44)17-36-34(45)25-15-32(39-33(16-25)40(3)11-12-46-4)38-27-6-9-42(10-7-27)23(2)43/h13-14,21,25,27-28,32-33,38-39,44H,5-12,15-20H2,1-4H3,(H,36,45)/t25?,28-,32?,33?/m0/s1. The number of carbonyl (C=O) groups is 2. The van der Waals surface area contributed by atoms with E-state index in [9.17, 15) is 19.1 Å². The van der Waals surface area contributed by atoms with Gasteiger partial charge in [-0.2, -0.15) is 0 Å². The maximum absolute atomic E-state index is 14.9. The Balaban J connectivity index is 1.10. The summed E-state index contributed by atoms with van der Waals surface area (Å²) in [6.07, 6.45) is 4.20. The first-order chi connectivity index (χ1) is 23.1. The number of oxazole rings is 1. The number of halogens is 1. The second kappa shape index (κ2) is 17.0. The van der Waals surface area contributed by atoms with Crippen LogP contribution in [0.25, 0.3) is 0 Å². The molecule has 0 aliphatic carbocycles. The predicted molar refractivity (Wildman–Crippen MR) is 176 cm³/mol. The average Bonchev–Trinajstić information content (AvgIpc) is 3.49. The molecule has 3 aliphatic rings. The molecule has 2 aromatic rings. The summed E-state index contributed by atoms with van der Waals surface area (Å²) in [5, 5.41) is 21.3. The molecule has 2 saturated heterocycles. The lowest BCUT2D eigenvalue weighted by atomic mass is 9.91. The Hall–Kier alpha value is -3.14. The second-order valence-electron chi connectivity index (χ2n) is 13.4. The maximum Gasteiger partial charge on any atom is 0.223 e. The van der Waals surface area contributed by atoms with E-state index >= 15 is 0 Å². The smallest absolute Gasteiger partial charge is 0.223 e. The fourth-order valence-electron chi connectivity index (χ4n) is 6.91. The molecule has 13 nitrogen and oxygen atoms in total. The molecule has 3 unspecified atom stereocenters. The van der Waals surface area contributed by atoms with Gasteiger partial charge in [-0.05, 0) is 69.3 Å². The number of aromatic nitrogens is 1. The van der Waals surface area contributed by atoms with Crippen molar-refractivity contribution in [3.63, 3.8) is 0 Å². The van der Waals surface area contributed by atoms with Gasteiger partial charge < -0.3 is 29.2 Å². The zero-order valence-electron chi connectivity index (χ0n) is 28.7. The van der Waals surface area contributed by atoms with Crippen LogP contribution < -0.4 is 20.7 Å². The fourth-order valence-corrected chi connectivity index (χ4v) is 6.91. The molecule has 2 fully saturated rings. The number of aliphatic hydroxyl groups excluding tert-OH is 1. The quantitative estimate of drug-likeness (QED) is 0.231. The summed E-state index contributed by atoms with van der Waals surface area (Å²) in [5.74, 6) is 0.102.